The molecule has 0 radical (unpaired) electrons. The predicted octanol–water partition coefficient (Wildman–Crippen LogP) is -1.03. The van der Waals surface area contributed by atoms with Crippen LogP contribution >= 0.6 is 0 Å². The lowest BCUT2D eigenvalue weighted by molar-refractivity contribution is -0.118. The molecule has 1 aliphatic rings. The van der Waals surface area contributed by atoms with Crippen molar-refractivity contribution in [2.24, 2.45) is 0 Å². The van der Waals surface area contributed by atoms with Crippen LogP contribution in [-0.4, -0.2) is 22.5 Å². The summed E-state index contributed by atoms with van der Waals surface area (Å²) in [5.74, 6) is 0.0557. The van der Waals surface area contributed by atoms with E-state index < -0.39 is 0 Å². The molecule has 7 heteroatoms. The van der Waals surface area contributed by atoms with Crippen LogP contribution in [0, 0.1) is 0 Å². The van der Waals surface area contributed by atoms with Crippen molar-refractivity contribution in [1.29, 1.82) is 0 Å². The molecule has 7 nitrogen and oxygen atoms in total. The highest BCUT2D eigenvalue weighted by Crippen LogP contribution is 2.30. The van der Waals surface area contributed by atoms with Crippen molar-refractivity contribution in [1.82, 2.24) is 9.97 Å². The number of hydrogen-bond acceptors (Lipinski definition) is 6. The van der Waals surface area contributed by atoms with Crippen LogP contribution in [0.15, 0.2) is 0 Å². The van der Waals surface area contributed by atoms with Crippen molar-refractivity contribution in [3.63, 3.8) is 0 Å². The molecule has 1 amide bonds. The second kappa shape index (κ2) is 2.47. The lowest BCUT2D eigenvalue weighted by Crippen LogP contribution is -2.27. The zero-order chi connectivity index (χ0) is 9.42. The first-order valence-electron chi connectivity index (χ1n) is 3.52. The van der Waals surface area contributed by atoms with Crippen LogP contribution in [0.2, 0.25) is 0 Å². The molecule has 0 spiro atoms. The van der Waals surface area contributed by atoms with Gasteiger partial charge >= 0.3 is 0 Å². The molecule has 5 N–H and O–H groups in total. The number of ether oxygens (including phenoxy) is 1. The molecule has 0 fully saturated rings. The van der Waals surface area contributed by atoms with Crippen LogP contribution < -0.4 is 21.5 Å². The van der Waals surface area contributed by atoms with Crippen LogP contribution in [0.1, 0.15) is 0 Å². The number of hydrogen-bond donors (Lipinski definition) is 3. The molecule has 1 aromatic rings. The third-order valence-electron chi connectivity index (χ3n) is 1.53. The first kappa shape index (κ1) is 7.59. The van der Waals surface area contributed by atoms with Crippen molar-refractivity contribution in [2.75, 3.05) is 23.4 Å². The van der Waals surface area contributed by atoms with Gasteiger partial charge in [0.1, 0.15) is 5.69 Å². The lowest BCUT2D eigenvalue weighted by Gasteiger charge is -2.17. The maximum atomic E-state index is 10.9. The number of carbonyl (C=O) groups is 1. The van der Waals surface area contributed by atoms with Crippen molar-refractivity contribution in [3.8, 4) is 5.88 Å². The van der Waals surface area contributed by atoms with Gasteiger partial charge in [0.05, 0.1) is 0 Å². The summed E-state index contributed by atoms with van der Waals surface area (Å²) in [5.41, 5.74) is 11.1. The van der Waals surface area contributed by atoms with Crippen molar-refractivity contribution in [3.05, 3.63) is 0 Å². The summed E-state index contributed by atoms with van der Waals surface area (Å²) in [5, 5.41) is 2.49. The smallest absolute Gasteiger partial charge is 0.262 e. The fraction of sp³-hybridized carbons (Fsp3) is 0.167. The van der Waals surface area contributed by atoms with Gasteiger partial charge < -0.3 is 21.5 Å². The minimum Gasteiger partial charge on any atom is -0.466 e. The minimum atomic E-state index is -0.285. The highest BCUT2D eigenvalue weighted by molar-refractivity contribution is 5.97. The molecule has 0 bridgehead atoms. The molecule has 2 rings (SSSR count). The number of nitrogens with two attached hydrogens (primary N) is 2. The third kappa shape index (κ3) is 1.19. The highest BCUT2D eigenvalue weighted by atomic mass is 16.5. The second-order valence-electron chi connectivity index (χ2n) is 2.48. The van der Waals surface area contributed by atoms with Gasteiger partial charge in [-0.2, -0.15) is 9.97 Å². The summed E-state index contributed by atoms with van der Waals surface area (Å²) in [4.78, 5) is 18.3. The Morgan fingerprint density at radius 2 is 2.15 bits per heavy atom. The van der Waals surface area contributed by atoms with E-state index in [-0.39, 0.29) is 35.8 Å². The fourth-order valence-corrected chi connectivity index (χ4v) is 1.01. The summed E-state index contributed by atoms with van der Waals surface area (Å²) in [6, 6.07) is 0. The van der Waals surface area contributed by atoms with Crippen molar-refractivity contribution >= 4 is 23.4 Å². The number of aromatic nitrogens is 2. The molecule has 0 unspecified atom stereocenters. The van der Waals surface area contributed by atoms with E-state index in [2.05, 4.69) is 15.3 Å². The lowest BCUT2D eigenvalue weighted by atomic mass is 10.4. The molecule has 0 aliphatic carbocycles. The number of rotatable bonds is 0. The molecule has 0 saturated heterocycles. The van der Waals surface area contributed by atoms with Gasteiger partial charge in [-0.1, -0.05) is 0 Å². The fourth-order valence-electron chi connectivity index (χ4n) is 1.01. The Balaban J connectivity index is 2.53. The van der Waals surface area contributed by atoms with Crippen LogP contribution in [0.4, 0.5) is 17.5 Å². The van der Waals surface area contributed by atoms with Gasteiger partial charge in [-0.05, 0) is 0 Å². The first-order valence-corrected chi connectivity index (χ1v) is 3.52. The maximum absolute atomic E-state index is 10.9. The number of amides is 1. The van der Waals surface area contributed by atoms with Crippen LogP contribution in [0.25, 0.3) is 0 Å². The summed E-state index contributed by atoms with van der Waals surface area (Å²) in [6.45, 7) is -0.0805. The third-order valence-corrected chi connectivity index (χ3v) is 1.53. The molecule has 68 valence electrons. The number of fused-ring (bicyclic) bond motifs is 1. The molecular weight excluding hydrogens is 174 g/mol. The van der Waals surface area contributed by atoms with Gasteiger partial charge in [0.2, 0.25) is 11.8 Å². The van der Waals surface area contributed by atoms with E-state index in [4.69, 9.17) is 16.2 Å². The summed E-state index contributed by atoms with van der Waals surface area (Å²) >= 11 is 0. The maximum Gasteiger partial charge on any atom is 0.262 e. The van der Waals surface area contributed by atoms with E-state index in [9.17, 15) is 4.79 Å². The van der Waals surface area contributed by atoms with Gasteiger partial charge in [0.15, 0.2) is 12.4 Å². The SMILES string of the molecule is Nc1nc(N)c2c(n1)OCC(=O)N2. The van der Waals surface area contributed by atoms with Gasteiger partial charge in [0.25, 0.3) is 5.91 Å². The number of carbonyl (C=O) groups excluding carboxylic acids is 1. The molecule has 1 aromatic heterocycles. The summed E-state index contributed by atoms with van der Waals surface area (Å²) < 4.78 is 4.97. The van der Waals surface area contributed by atoms with Gasteiger partial charge in [-0.3, -0.25) is 4.79 Å². The largest absolute Gasteiger partial charge is 0.466 e. The zero-order valence-electron chi connectivity index (χ0n) is 6.57. The van der Waals surface area contributed by atoms with Crippen molar-refractivity contribution in [2.45, 2.75) is 0 Å². The van der Waals surface area contributed by atoms with Crippen LogP contribution in [0.5, 0.6) is 5.88 Å². The summed E-state index contributed by atoms with van der Waals surface area (Å²) in [6.07, 6.45) is 0. The Hall–Kier alpha value is -2.05. The predicted molar refractivity (Wildman–Crippen MR) is 45.0 cm³/mol. The van der Waals surface area contributed by atoms with Gasteiger partial charge in [-0.25, -0.2) is 0 Å². The van der Waals surface area contributed by atoms with Gasteiger partial charge in [0, 0.05) is 0 Å². The average Bonchev–Trinajstić information content (AvgIpc) is 2.06. The van der Waals surface area contributed by atoms with E-state index >= 15 is 0 Å². The Morgan fingerprint density at radius 3 is 2.92 bits per heavy atom. The monoisotopic (exact) mass is 181 g/mol. The minimum absolute atomic E-state index is 0.0207. The molecule has 13 heavy (non-hydrogen) atoms. The first-order chi connectivity index (χ1) is 6.16. The number of nitrogen functional groups attached to an aromatic ring is 2. The van der Waals surface area contributed by atoms with Crippen LogP contribution in [-0.2, 0) is 4.79 Å². The molecule has 1 aliphatic heterocycles. The molecule has 0 atom stereocenters. The topological polar surface area (TPSA) is 116 Å². The molecular formula is C6H7N5O2. The molecule has 2 heterocycles. The van der Waals surface area contributed by atoms with E-state index in [1.807, 2.05) is 0 Å². The zero-order valence-corrected chi connectivity index (χ0v) is 6.57. The quantitative estimate of drug-likeness (QED) is 0.471. The summed E-state index contributed by atoms with van der Waals surface area (Å²) in [7, 11) is 0. The Labute approximate surface area is 73.1 Å². The van der Waals surface area contributed by atoms with E-state index in [1.54, 1.807) is 0 Å². The number of nitrogens with zero attached hydrogens (tertiary/aromatic N) is 2. The Bertz CT molecular complexity index is 378. The Kier molecular flexibility index (Phi) is 1.44. The average molecular weight is 181 g/mol. The standard InChI is InChI=1S/C6H7N5O2/c7-4-3-5(11-6(8)10-4)13-1-2(12)9-3/h1H2,(H,9,12)(H4,7,8,10,11). The molecule has 0 saturated carbocycles. The van der Waals surface area contributed by atoms with Crippen molar-refractivity contribution < 1.29 is 9.53 Å². The van der Waals surface area contributed by atoms with Gasteiger partial charge in [-0.15, -0.1) is 0 Å². The number of anilines is 3. The van der Waals surface area contributed by atoms with E-state index in [1.165, 1.54) is 0 Å². The normalized spacial score (nSPS) is 14.3. The van der Waals surface area contributed by atoms with E-state index in [0.29, 0.717) is 0 Å². The van der Waals surface area contributed by atoms with E-state index in [0.717, 1.165) is 0 Å². The highest BCUT2D eigenvalue weighted by Gasteiger charge is 2.21. The molecule has 0 aromatic carbocycles. The second-order valence-corrected chi connectivity index (χ2v) is 2.48. The van der Waals surface area contributed by atoms with Crippen LogP contribution in [0.3, 0.4) is 0 Å². The Morgan fingerprint density at radius 1 is 1.38 bits per heavy atom. The number of nitrogens with one attached hydrogen (secondary N) is 1.